The minimum absolute atomic E-state index is 0.317. The normalized spacial score (nSPS) is 23.3. The number of rotatable bonds is 3. The third-order valence-corrected chi connectivity index (χ3v) is 2.76. The summed E-state index contributed by atoms with van der Waals surface area (Å²) in [6.45, 7) is 0.652. The molecule has 0 spiro atoms. The monoisotopic (exact) mass is 220 g/mol. The smallest absolute Gasteiger partial charge is 0.410 e. The number of hydrogen-bond acceptors (Lipinski definition) is 3. The highest BCUT2D eigenvalue weighted by Gasteiger charge is 2.26. The lowest BCUT2D eigenvalue weighted by atomic mass is 9.81. The molecule has 1 aromatic carbocycles. The van der Waals surface area contributed by atoms with E-state index in [9.17, 15) is 4.79 Å². The van der Waals surface area contributed by atoms with Gasteiger partial charge in [-0.05, 0) is 30.9 Å². The van der Waals surface area contributed by atoms with Crippen LogP contribution >= 0.6 is 0 Å². The lowest BCUT2D eigenvalue weighted by Crippen LogP contribution is -2.43. The molecule has 0 unspecified atom stereocenters. The largest absolute Gasteiger partial charge is 0.412 e. The number of hydrogen-bond donors (Lipinski definition) is 2. The second kappa shape index (κ2) is 4.99. The molecule has 4 heteroatoms. The number of para-hydroxylation sites is 1. The highest BCUT2D eigenvalue weighted by atomic mass is 16.5. The van der Waals surface area contributed by atoms with Crippen LogP contribution in [0.5, 0.6) is 5.75 Å². The Bertz CT molecular complexity index is 347. The van der Waals surface area contributed by atoms with Crippen LogP contribution in [-0.4, -0.2) is 18.7 Å². The predicted octanol–water partition coefficient (Wildman–Crippen LogP) is 1.51. The standard InChI is InChI=1S/C12H16N2O2/c13-10-6-9(7-10)8-14-12(15)16-11-4-2-1-3-5-11/h1-5,9-10H,6-8,13H2,(H,14,15). The van der Waals surface area contributed by atoms with Crippen LogP contribution in [0.25, 0.3) is 0 Å². The molecule has 3 N–H and O–H groups in total. The Balaban J connectivity index is 1.69. The summed E-state index contributed by atoms with van der Waals surface area (Å²) in [5.41, 5.74) is 5.65. The van der Waals surface area contributed by atoms with Gasteiger partial charge in [0, 0.05) is 12.6 Å². The molecule has 1 amide bonds. The zero-order valence-electron chi connectivity index (χ0n) is 9.06. The lowest BCUT2D eigenvalue weighted by molar-refractivity contribution is 0.190. The molecule has 0 radical (unpaired) electrons. The van der Waals surface area contributed by atoms with Gasteiger partial charge in [0.1, 0.15) is 5.75 Å². The van der Waals surface area contributed by atoms with E-state index in [1.165, 1.54) is 0 Å². The van der Waals surface area contributed by atoms with E-state index in [-0.39, 0.29) is 0 Å². The van der Waals surface area contributed by atoms with Crippen molar-refractivity contribution in [1.82, 2.24) is 5.32 Å². The number of carbonyl (C=O) groups excluding carboxylic acids is 1. The van der Waals surface area contributed by atoms with Crippen LogP contribution in [0.15, 0.2) is 30.3 Å². The molecule has 4 nitrogen and oxygen atoms in total. The average molecular weight is 220 g/mol. The van der Waals surface area contributed by atoms with Crippen LogP contribution in [0.3, 0.4) is 0 Å². The fourth-order valence-electron chi connectivity index (χ4n) is 1.81. The zero-order valence-corrected chi connectivity index (χ0v) is 9.06. The SMILES string of the molecule is NC1CC(CNC(=O)Oc2ccccc2)C1. The van der Waals surface area contributed by atoms with Crippen molar-refractivity contribution in [2.75, 3.05) is 6.54 Å². The maximum Gasteiger partial charge on any atom is 0.412 e. The van der Waals surface area contributed by atoms with Crippen molar-refractivity contribution in [3.8, 4) is 5.75 Å². The maximum absolute atomic E-state index is 11.4. The summed E-state index contributed by atoms with van der Waals surface area (Å²) in [6, 6.07) is 9.34. The number of amides is 1. The highest BCUT2D eigenvalue weighted by molar-refractivity contribution is 5.70. The van der Waals surface area contributed by atoms with Gasteiger partial charge in [0.25, 0.3) is 0 Å². The van der Waals surface area contributed by atoms with Crippen molar-refractivity contribution in [2.24, 2.45) is 11.7 Å². The van der Waals surface area contributed by atoms with Gasteiger partial charge in [-0.3, -0.25) is 0 Å². The number of carbonyl (C=O) groups is 1. The Morgan fingerprint density at radius 3 is 2.69 bits per heavy atom. The van der Waals surface area contributed by atoms with Crippen LogP contribution in [0, 0.1) is 5.92 Å². The van der Waals surface area contributed by atoms with Gasteiger partial charge >= 0.3 is 6.09 Å². The van der Waals surface area contributed by atoms with Crippen LogP contribution in [-0.2, 0) is 0 Å². The van der Waals surface area contributed by atoms with Crippen LogP contribution in [0.2, 0.25) is 0 Å². The second-order valence-corrected chi connectivity index (χ2v) is 4.18. The van der Waals surface area contributed by atoms with E-state index < -0.39 is 6.09 Å². The first kappa shape index (κ1) is 11.0. The van der Waals surface area contributed by atoms with Crippen molar-refractivity contribution in [3.05, 3.63) is 30.3 Å². The van der Waals surface area contributed by atoms with Crippen molar-refractivity contribution < 1.29 is 9.53 Å². The minimum Gasteiger partial charge on any atom is -0.410 e. The summed E-state index contributed by atoms with van der Waals surface area (Å²) in [5, 5.41) is 2.74. The van der Waals surface area contributed by atoms with Crippen LogP contribution < -0.4 is 15.8 Å². The van der Waals surface area contributed by atoms with E-state index in [0.29, 0.717) is 24.3 Å². The third kappa shape index (κ3) is 2.97. The van der Waals surface area contributed by atoms with Gasteiger partial charge < -0.3 is 15.8 Å². The molecule has 0 bridgehead atoms. The molecule has 86 valence electrons. The van der Waals surface area contributed by atoms with Gasteiger partial charge in [-0.1, -0.05) is 18.2 Å². The first-order valence-corrected chi connectivity index (χ1v) is 5.50. The molecule has 1 aromatic rings. The van der Waals surface area contributed by atoms with E-state index in [1.807, 2.05) is 18.2 Å². The molecule has 0 aromatic heterocycles. The van der Waals surface area contributed by atoms with Gasteiger partial charge in [0.2, 0.25) is 0 Å². The van der Waals surface area contributed by atoms with Gasteiger partial charge in [-0.25, -0.2) is 4.79 Å². The molecule has 1 saturated carbocycles. The fourth-order valence-corrected chi connectivity index (χ4v) is 1.81. The molecule has 0 saturated heterocycles. The van der Waals surface area contributed by atoms with Crippen molar-refractivity contribution in [2.45, 2.75) is 18.9 Å². The molecular formula is C12H16N2O2. The van der Waals surface area contributed by atoms with Gasteiger partial charge in [0.05, 0.1) is 0 Å². The van der Waals surface area contributed by atoms with Crippen LogP contribution in [0.4, 0.5) is 4.79 Å². The molecule has 2 rings (SSSR count). The Morgan fingerprint density at radius 2 is 2.06 bits per heavy atom. The first-order chi connectivity index (χ1) is 7.74. The molecular weight excluding hydrogens is 204 g/mol. The van der Waals surface area contributed by atoms with E-state index in [0.717, 1.165) is 12.8 Å². The Kier molecular flexibility index (Phi) is 3.41. The first-order valence-electron chi connectivity index (χ1n) is 5.50. The molecule has 0 atom stereocenters. The van der Waals surface area contributed by atoms with Gasteiger partial charge in [0.15, 0.2) is 0 Å². The number of ether oxygens (including phenoxy) is 1. The molecule has 1 aliphatic carbocycles. The number of nitrogens with two attached hydrogens (primary N) is 1. The van der Waals surface area contributed by atoms with Crippen molar-refractivity contribution in [1.29, 1.82) is 0 Å². The molecule has 0 aliphatic heterocycles. The summed E-state index contributed by atoms with van der Waals surface area (Å²) in [7, 11) is 0. The topological polar surface area (TPSA) is 64.3 Å². The third-order valence-electron chi connectivity index (χ3n) is 2.76. The quantitative estimate of drug-likeness (QED) is 0.811. The van der Waals surface area contributed by atoms with Crippen LogP contribution in [0.1, 0.15) is 12.8 Å². The van der Waals surface area contributed by atoms with E-state index in [1.54, 1.807) is 12.1 Å². The molecule has 0 heterocycles. The van der Waals surface area contributed by atoms with E-state index >= 15 is 0 Å². The maximum atomic E-state index is 11.4. The summed E-state index contributed by atoms with van der Waals surface area (Å²) < 4.78 is 5.08. The van der Waals surface area contributed by atoms with Crippen molar-refractivity contribution in [3.63, 3.8) is 0 Å². The Hall–Kier alpha value is -1.55. The van der Waals surface area contributed by atoms with Crippen molar-refractivity contribution >= 4 is 6.09 Å². The summed E-state index contributed by atoms with van der Waals surface area (Å²) in [5.74, 6) is 1.07. The highest BCUT2D eigenvalue weighted by Crippen LogP contribution is 2.24. The lowest BCUT2D eigenvalue weighted by Gasteiger charge is -2.32. The van der Waals surface area contributed by atoms with Gasteiger partial charge in [-0.2, -0.15) is 0 Å². The Morgan fingerprint density at radius 1 is 1.38 bits per heavy atom. The average Bonchev–Trinajstić information content (AvgIpc) is 2.24. The predicted molar refractivity (Wildman–Crippen MR) is 61.2 cm³/mol. The van der Waals surface area contributed by atoms with E-state index in [2.05, 4.69) is 5.32 Å². The second-order valence-electron chi connectivity index (χ2n) is 4.18. The zero-order chi connectivity index (χ0) is 11.4. The molecule has 16 heavy (non-hydrogen) atoms. The summed E-state index contributed by atoms with van der Waals surface area (Å²) in [4.78, 5) is 11.4. The fraction of sp³-hybridized carbons (Fsp3) is 0.417. The summed E-state index contributed by atoms with van der Waals surface area (Å²) >= 11 is 0. The Labute approximate surface area is 94.8 Å². The number of benzene rings is 1. The molecule has 1 fully saturated rings. The molecule has 1 aliphatic rings. The van der Waals surface area contributed by atoms with E-state index in [4.69, 9.17) is 10.5 Å². The van der Waals surface area contributed by atoms with Gasteiger partial charge in [-0.15, -0.1) is 0 Å². The summed E-state index contributed by atoms with van der Waals surface area (Å²) in [6.07, 6.45) is 1.59. The minimum atomic E-state index is -0.397. The number of nitrogens with one attached hydrogen (secondary N) is 1.